The van der Waals surface area contributed by atoms with Crippen molar-refractivity contribution in [3.05, 3.63) is 24.0 Å². The molecular weight excluding hydrogens is 351 g/mol. The number of nitrogens with zero attached hydrogens (tertiary/aromatic N) is 3. The molecule has 6 nitrogen and oxygen atoms in total. The molecule has 0 amide bonds. The van der Waals surface area contributed by atoms with Gasteiger partial charge in [-0.25, -0.2) is 4.98 Å². The first-order valence-corrected chi connectivity index (χ1v) is 8.79. The van der Waals surface area contributed by atoms with Crippen molar-refractivity contribution in [2.24, 2.45) is 5.92 Å². The van der Waals surface area contributed by atoms with E-state index in [1.54, 1.807) is 4.90 Å². The van der Waals surface area contributed by atoms with Crippen molar-refractivity contribution in [1.82, 2.24) is 9.88 Å². The van der Waals surface area contributed by atoms with Crippen LogP contribution in [0.4, 0.5) is 18.9 Å². The zero-order chi connectivity index (χ0) is 18.9. The van der Waals surface area contributed by atoms with E-state index < -0.39 is 30.2 Å². The molecule has 3 N–H and O–H groups in total. The van der Waals surface area contributed by atoms with Gasteiger partial charge in [0.05, 0.1) is 17.9 Å². The van der Waals surface area contributed by atoms with Gasteiger partial charge in [-0.15, -0.1) is 0 Å². The van der Waals surface area contributed by atoms with E-state index in [4.69, 9.17) is 0 Å². The molecule has 26 heavy (non-hydrogen) atoms. The lowest BCUT2D eigenvalue weighted by atomic mass is 9.94. The third-order valence-corrected chi connectivity index (χ3v) is 5.11. The number of aliphatic hydroxyl groups is 3. The van der Waals surface area contributed by atoms with Crippen LogP contribution in [0.2, 0.25) is 0 Å². The zero-order valence-corrected chi connectivity index (χ0v) is 14.3. The molecular formula is C17H24F3N3O3. The van der Waals surface area contributed by atoms with E-state index in [1.165, 1.54) is 12.1 Å². The number of halogens is 3. The number of hydrogen-bond donors (Lipinski definition) is 3. The van der Waals surface area contributed by atoms with E-state index in [0.29, 0.717) is 19.6 Å². The Morgan fingerprint density at radius 3 is 2.46 bits per heavy atom. The van der Waals surface area contributed by atoms with Gasteiger partial charge in [0.2, 0.25) is 0 Å². The highest BCUT2D eigenvalue weighted by Crippen LogP contribution is 2.36. The first-order valence-electron chi connectivity index (χ1n) is 8.79. The van der Waals surface area contributed by atoms with Gasteiger partial charge in [-0.1, -0.05) is 0 Å². The van der Waals surface area contributed by atoms with Crippen LogP contribution in [0.25, 0.3) is 0 Å². The third-order valence-electron chi connectivity index (χ3n) is 5.11. The van der Waals surface area contributed by atoms with Crippen LogP contribution in [-0.2, 0) is 6.18 Å². The first-order chi connectivity index (χ1) is 12.3. The fraction of sp³-hybridized carbons (Fsp3) is 0.706. The summed E-state index contributed by atoms with van der Waals surface area (Å²) >= 11 is 0. The molecule has 3 rings (SSSR count). The van der Waals surface area contributed by atoms with E-state index in [1.807, 2.05) is 4.90 Å². The van der Waals surface area contributed by atoms with Crippen molar-refractivity contribution in [2.45, 2.75) is 37.3 Å². The Balaban J connectivity index is 1.67. The van der Waals surface area contributed by atoms with Crippen LogP contribution < -0.4 is 4.90 Å². The van der Waals surface area contributed by atoms with Gasteiger partial charge >= 0.3 is 6.18 Å². The summed E-state index contributed by atoms with van der Waals surface area (Å²) in [7, 11) is 0. The molecule has 2 aliphatic rings. The largest absolute Gasteiger partial charge is 0.435 e. The molecule has 1 aromatic rings. The second-order valence-corrected chi connectivity index (χ2v) is 7.17. The van der Waals surface area contributed by atoms with Gasteiger partial charge in [0.1, 0.15) is 6.10 Å². The molecule has 0 saturated carbocycles. The summed E-state index contributed by atoms with van der Waals surface area (Å²) in [5.41, 5.74) is -0.772. The molecule has 0 spiro atoms. The Kier molecular flexibility index (Phi) is 5.71. The molecule has 2 fully saturated rings. The number of anilines is 1. The quantitative estimate of drug-likeness (QED) is 0.722. The molecule has 3 heterocycles. The number of rotatable bonds is 3. The van der Waals surface area contributed by atoms with Crippen LogP contribution in [0.15, 0.2) is 18.3 Å². The summed E-state index contributed by atoms with van der Waals surface area (Å²) in [4.78, 5) is 7.11. The van der Waals surface area contributed by atoms with Crippen LogP contribution in [0.5, 0.6) is 0 Å². The summed E-state index contributed by atoms with van der Waals surface area (Å²) in [5.74, 6) is 0.111. The number of aliphatic hydroxyl groups excluding tert-OH is 3. The predicted molar refractivity (Wildman–Crippen MR) is 88.6 cm³/mol. The summed E-state index contributed by atoms with van der Waals surface area (Å²) in [6, 6.07) is 2.95. The maximum Gasteiger partial charge on any atom is 0.435 e. The predicted octanol–water partition coefficient (Wildman–Crippen LogP) is 0.715. The van der Waals surface area contributed by atoms with Crippen LogP contribution in [0.1, 0.15) is 18.5 Å². The lowest BCUT2D eigenvalue weighted by Crippen LogP contribution is -2.56. The highest BCUT2D eigenvalue weighted by Gasteiger charge is 2.38. The zero-order valence-electron chi connectivity index (χ0n) is 14.3. The SMILES string of the molecule is OC1[C@H](O)CN(C[C@H]2CCCN(c3cccnc3C(F)(F)F)C2)C[C@@H]1O. The maximum atomic E-state index is 13.2. The molecule has 1 aromatic heterocycles. The first kappa shape index (κ1) is 19.3. The Bertz CT molecular complexity index is 604. The minimum Gasteiger partial charge on any atom is -0.389 e. The molecule has 4 atom stereocenters. The lowest BCUT2D eigenvalue weighted by molar-refractivity contribution is -0.140. The van der Waals surface area contributed by atoms with Crippen molar-refractivity contribution in [2.75, 3.05) is 37.6 Å². The number of alkyl halides is 3. The van der Waals surface area contributed by atoms with Crippen molar-refractivity contribution < 1.29 is 28.5 Å². The number of aromatic nitrogens is 1. The average molecular weight is 375 g/mol. The Morgan fingerprint density at radius 1 is 1.12 bits per heavy atom. The molecule has 0 bridgehead atoms. The topological polar surface area (TPSA) is 80.1 Å². The fourth-order valence-electron chi connectivity index (χ4n) is 3.89. The van der Waals surface area contributed by atoms with Gasteiger partial charge in [-0.05, 0) is 30.9 Å². The summed E-state index contributed by atoms with van der Waals surface area (Å²) in [5, 5.41) is 29.2. The van der Waals surface area contributed by atoms with E-state index >= 15 is 0 Å². The van der Waals surface area contributed by atoms with Gasteiger partial charge < -0.3 is 20.2 Å². The molecule has 1 unspecified atom stereocenters. The summed E-state index contributed by atoms with van der Waals surface area (Å²) in [6.45, 7) is 2.04. The van der Waals surface area contributed by atoms with E-state index in [9.17, 15) is 28.5 Å². The molecule has 9 heteroatoms. The van der Waals surface area contributed by atoms with Gasteiger partial charge in [-0.2, -0.15) is 13.2 Å². The maximum absolute atomic E-state index is 13.2. The van der Waals surface area contributed by atoms with Gasteiger partial charge in [0.25, 0.3) is 0 Å². The monoisotopic (exact) mass is 375 g/mol. The van der Waals surface area contributed by atoms with Crippen molar-refractivity contribution >= 4 is 5.69 Å². The number of piperidine rings is 2. The van der Waals surface area contributed by atoms with Gasteiger partial charge in [-0.3, -0.25) is 4.90 Å². The molecule has 2 saturated heterocycles. The minimum atomic E-state index is -4.50. The molecule has 146 valence electrons. The molecule has 0 radical (unpaired) electrons. The highest BCUT2D eigenvalue weighted by atomic mass is 19.4. The van der Waals surface area contributed by atoms with Crippen LogP contribution in [-0.4, -0.2) is 76.2 Å². The molecule has 0 aliphatic carbocycles. The third kappa shape index (κ3) is 4.28. The Morgan fingerprint density at radius 2 is 1.81 bits per heavy atom. The number of β-amino-alcohol motifs (C(OH)–C–C–N with tert-alkyl or cyclic N) is 2. The summed E-state index contributed by atoms with van der Waals surface area (Å²) in [6.07, 6.45) is -4.92. The van der Waals surface area contributed by atoms with Crippen LogP contribution >= 0.6 is 0 Å². The van der Waals surface area contributed by atoms with Crippen molar-refractivity contribution in [3.8, 4) is 0 Å². The second-order valence-electron chi connectivity index (χ2n) is 7.17. The van der Waals surface area contributed by atoms with Crippen molar-refractivity contribution in [1.29, 1.82) is 0 Å². The molecule has 2 aliphatic heterocycles. The second kappa shape index (κ2) is 7.67. The number of likely N-dealkylation sites (tertiary alicyclic amines) is 1. The number of hydrogen-bond acceptors (Lipinski definition) is 6. The highest BCUT2D eigenvalue weighted by molar-refractivity contribution is 5.52. The van der Waals surface area contributed by atoms with Gasteiger partial charge in [0.15, 0.2) is 5.69 Å². The Hall–Kier alpha value is -1.42. The standard InChI is InChI=1S/C17H24F3N3O3/c18-17(19,20)16-12(4-1-5-21-16)23-6-2-3-11(8-23)7-22-9-13(24)15(26)14(25)10-22/h1,4-5,11,13-15,24-26H,2-3,6-10H2/t11-,13-,14+,15?/m1/s1. The minimum absolute atomic E-state index is 0.0961. The van der Waals surface area contributed by atoms with Crippen LogP contribution in [0, 0.1) is 5.92 Å². The Labute approximate surface area is 149 Å². The van der Waals surface area contributed by atoms with Crippen LogP contribution in [0.3, 0.4) is 0 Å². The van der Waals surface area contributed by atoms with Gasteiger partial charge in [0, 0.05) is 38.9 Å². The van der Waals surface area contributed by atoms with E-state index in [-0.39, 0.29) is 24.7 Å². The molecule has 0 aromatic carbocycles. The average Bonchev–Trinajstić information content (AvgIpc) is 2.59. The van der Waals surface area contributed by atoms with E-state index in [0.717, 1.165) is 19.0 Å². The van der Waals surface area contributed by atoms with Crippen molar-refractivity contribution in [3.63, 3.8) is 0 Å². The fourth-order valence-corrected chi connectivity index (χ4v) is 3.89. The lowest BCUT2D eigenvalue weighted by Gasteiger charge is -2.41. The van der Waals surface area contributed by atoms with E-state index in [2.05, 4.69) is 4.98 Å². The summed E-state index contributed by atoms with van der Waals surface area (Å²) < 4.78 is 39.7. The smallest absolute Gasteiger partial charge is 0.389 e. The number of pyridine rings is 1. The normalized spacial score (nSPS) is 31.2.